The van der Waals surface area contributed by atoms with Crippen LogP contribution < -0.4 is 5.73 Å². The summed E-state index contributed by atoms with van der Waals surface area (Å²) in [7, 11) is 0. The molecule has 0 radical (unpaired) electrons. The smallest absolute Gasteiger partial charge is 0.138 e. The van der Waals surface area contributed by atoms with Gasteiger partial charge in [-0.05, 0) is 49.6 Å². The zero-order valence-electron chi connectivity index (χ0n) is 8.61. The number of rotatable bonds is 1. The van der Waals surface area contributed by atoms with Gasteiger partial charge in [-0.2, -0.15) is 5.26 Å². The highest BCUT2D eigenvalue weighted by Crippen LogP contribution is 2.37. The largest absolute Gasteiger partial charge is 0.383 e. The van der Waals surface area contributed by atoms with Gasteiger partial charge in [0, 0.05) is 16.2 Å². The first-order valence-electron chi connectivity index (χ1n) is 4.73. The molecule has 0 fully saturated rings. The van der Waals surface area contributed by atoms with Crippen LogP contribution in [0.3, 0.4) is 0 Å². The number of hydrogen-bond acceptors (Lipinski definition) is 3. The Morgan fingerprint density at radius 1 is 1.18 bits per heavy atom. The van der Waals surface area contributed by atoms with Gasteiger partial charge in [0.1, 0.15) is 5.82 Å². The molecule has 1 heterocycles. The molecule has 0 aliphatic carbocycles. The zero-order chi connectivity index (χ0) is 12.4. The van der Waals surface area contributed by atoms with Crippen molar-refractivity contribution in [1.29, 1.82) is 5.26 Å². The van der Waals surface area contributed by atoms with Gasteiger partial charge in [0.15, 0.2) is 0 Å². The first-order valence-corrected chi connectivity index (χ1v) is 6.32. The summed E-state index contributed by atoms with van der Waals surface area (Å²) in [6, 6.07) is 9.38. The lowest BCUT2D eigenvalue weighted by Gasteiger charge is -2.09. The minimum Gasteiger partial charge on any atom is -0.383 e. The summed E-state index contributed by atoms with van der Waals surface area (Å²) in [5.74, 6) is 0.438. The van der Waals surface area contributed by atoms with E-state index < -0.39 is 0 Å². The maximum absolute atomic E-state index is 8.75. The molecule has 0 spiro atoms. The van der Waals surface area contributed by atoms with Crippen LogP contribution in [0.25, 0.3) is 11.1 Å². The SMILES string of the molecule is N#Cc1ccc(-c2c(Br)cnc(N)c2Br)cc1. The molecule has 1 aromatic heterocycles. The van der Waals surface area contributed by atoms with Crippen LogP contribution in [0.4, 0.5) is 5.82 Å². The van der Waals surface area contributed by atoms with Crippen LogP contribution in [-0.2, 0) is 0 Å². The van der Waals surface area contributed by atoms with Crippen molar-refractivity contribution in [3.63, 3.8) is 0 Å². The van der Waals surface area contributed by atoms with Gasteiger partial charge in [-0.15, -0.1) is 0 Å². The topological polar surface area (TPSA) is 62.7 Å². The molecule has 1 aromatic carbocycles. The van der Waals surface area contributed by atoms with Crippen molar-refractivity contribution in [2.45, 2.75) is 0 Å². The van der Waals surface area contributed by atoms with Crippen LogP contribution in [-0.4, -0.2) is 4.98 Å². The fourth-order valence-electron chi connectivity index (χ4n) is 1.46. The summed E-state index contributed by atoms with van der Waals surface area (Å²) in [4.78, 5) is 4.03. The molecule has 2 rings (SSSR count). The normalized spacial score (nSPS) is 9.94. The predicted octanol–water partition coefficient (Wildman–Crippen LogP) is 3.73. The van der Waals surface area contributed by atoms with E-state index in [0.717, 1.165) is 20.1 Å². The van der Waals surface area contributed by atoms with Gasteiger partial charge < -0.3 is 5.73 Å². The van der Waals surface area contributed by atoms with Gasteiger partial charge in [-0.25, -0.2) is 4.98 Å². The van der Waals surface area contributed by atoms with E-state index in [1.807, 2.05) is 12.1 Å². The van der Waals surface area contributed by atoms with Crippen molar-refractivity contribution in [3.8, 4) is 17.2 Å². The summed E-state index contributed by atoms with van der Waals surface area (Å²) >= 11 is 6.86. The second kappa shape index (κ2) is 4.86. The number of benzene rings is 1. The third kappa shape index (κ3) is 2.33. The lowest BCUT2D eigenvalue weighted by Crippen LogP contribution is -1.94. The van der Waals surface area contributed by atoms with Crippen LogP contribution in [0, 0.1) is 11.3 Å². The minimum absolute atomic E-state index is 0.438. The predicted molar refractivity (Wildman–Crippen MR) is 74.2 cm³/mol. The average Bonchev–Trinajstić information content (AvgIpc) is 2.35. The zero-order valence-corrected chi connectivity index (χ0v) is 11.8. The Hall–Kier alpha value is -1.38. The molecule has 0 bridgehead atoms. The number of nitriles is 1. The monoisotopic (exact) mass is 351 g/mol. The van der Waals surface area contributed by atoms with E-state index in [2.05, 4.69) is 42.9 Å². The standard InChI is InChI=1S/C12H7Br2N3/c13-9-6-17-12(16)11(14)10(9)8-3-1-7(5-15)2-4-8/h1-4,6H,(H2,16,17). The molecule has 2 N–H and O–H groups in total. The van der Waals surface area contributed by atoms with Crippen LogP contribution in [0.15, 0.2) is 39.4 Å². The average molecular weight is 353 g/mol. The van der Waals surface area contributed by atoms with Crippen molar-refractivity contribution in [2.75, 3.05) is 5.73 Å². The van der Waals surface area contributed by atoms with Crippen molar-refractivity contribution in [1.82, 2.24) is 4.98 Å². The second-order valence-electron chi connectivity index (χ2n) is 3.37. The number of hydrogen-bond donors (Lipinski definition) is 1. The van der Waals surface area contributed by atoms with Gasteiger partial charge in [0.2, 0.25) is 0 Å². The van der Waals surface area contributed by atoms with Gasteiger partial charge in [-0.3, -0.25) is 0 Å². The van der Waals surface area contributed by atoms with Crippen LogP contribution in [0.2, 0.25) is 0 Å². The van der Waals surface area contributed by atoms with Gasteiger partial charge in [0.25, 0.3) is 0 Å². The molecule has 0 amide bonds. The molecule has 0 unspecified atom stereocenters. The Labute approximate surface area is 116 Å². The fraction of sp³-hybridized carbons (Fsp3) is 0. The first-order chi connectivity index (χ1) is 8.13. The van der Waals surface area contributed by atoms with Crippen molar-refractivity contribution in [3.05, 3.63) is 45.0 Å². The van der Waals surface area contributed by atoms with Gasteiger partial charge >= 0.3 is 0 Å². The van der Waals surface area contributed by atoms with E-state index in [4.69, 9.17) is 11.0 Å². The molecule has 3 nitrogen and oxygen atoms in total. The highest BCUT2D eigenvalue weighted by atomic mass is 79.9. The van der Waals surface area contributed by atoms with Crippen molar-refractivity contribution >= 4 is 37.7 Å². The van der Waals surface area contributed by atoms with Gasteiger partial charge in [0.05, 0.1) is 16.1 Å². The summed E-state index contributed by atoms with van der Waals surface area (Å²) < 4.78 is 1.60. The lowest BCUT2D eigenvalue weighted by molar-refractivity contribution is 1.30. The highest BCUT2D eigenvalue weighted by molar-refractivity contribution is 9.11. The number of nitrogens with zero attached hydrogens (tertiary/aromatic N) is 2. The Balaban J connectivity index is 2.60. The number of nitrogens with two attached hydrogens (primary N) is 1. The van der Waals surface area contributed by atoms with E-state index in [1.165, 1.54) is 0 Å². The molecule has 5 heteroatoms. The molecule has 2 aromatic rings. The van der Waals surface area contributed by atoms with E-state index in [-0.39, 0.29) is 0 Å². The quantitative estimate of drug-likeness (QED) is 0.850. The maximum atomic E-state index is 8.75. The lowest BCUT2D eigenvalue weighted by atomic mass is 10.1. The summed E-state index contributed by atoms with van der Waals surface area (Å²) in [5.41, 5.74) is 8.28. The summed E-state index contributed by atoms with van der Waals surface area (Å²) in [6.07, 6.45) is 1.66. The molecule has 0 aliphatic rings. The Morgan fingerprint density at radius 3 is 2.41 bits per heavy atom. The fourth-order valence-corrected chi connectivity index (χ4v) is 2.80. The number of nitrogen functional groups attached to an aromatic ring is 1. The summed E-state index contributed by atoms with van der Waals surface area (Å²) in [6.45, 7) is 0. The van der Waals surface area contributed by atoms with E-state index in [9.17, 15) is 0 Å². The number of pyridine rings is 1. The Kier molecular flexibility index (Phi) is 3.46. The van der Waals surface area contributed by atoms with Crippen LogP contribution in [0.1, 0.15) is 5.56 Å². The molecule has 0 saturated heterocycles. The highest BCUT2D eigenvalue weighted by Gasteiger charge is 2.11. The molecular weight excluding hydrogens is 346 g/mol. The number of anilines is 1. The molecule has 17 heavy (non-hydrogen) atoms. The minimum atomic E-state index is 0.438. The second-order valence-corrected chi connectivity index (χ2v) is 5.02. The third-order valence-corrected chi connectivity index (χ3v) is 3.71. The van der Waals surface area contributed by atoms with Crippen LogP contribution >= 0.6 is 31.9 Å². The molecule has 0 aliphatic heterocycles. The molecule has 0 atom stereocenters. The maximum Gasteiger partial charge on any atom is 0.138 e. The molecule has 84 valence electrons. The summed E-state index contributed by atoms with van der Waals surface area (Å²) in [5, 5.41) is 8.75. The number of halogens is 2. The van der Waals surface area contributed by atoms with Crippen molar-refractivity contribution < 1.29 is 0 Å². The third-order valence-electron chi connectivity index (χ3n) is 2.30. The van der Waals surface area contributed by atoms with Gasteiger partial charge in [-0.1, -0.05) is 12.1 Å². The van der Waals surface area contributed by atoms with Crippen molar-refractivity contribution in [2.24, 2.45) is 0 Å². The van der Waals surface area contributed by atoms with E-state index in [1.54, 1.807) is 18.3 Å². The number of aromatic nitrogens is 1. The molecular formula is C12H7Br2N3. The van der Waals surface area contributed by atoms with E-state index >= 15 is 0 Å². The van der Waals surface area contributed by atoms with Crippen LogP contribution in [0.5, 0.6) is 0 Å². The Morgan fingerprint density at radius 2 is 1.82 bits per heavy atom. The van der Waals surface area contributed by atoms with E-state index in [0.29, 0.717) is 11.4 Å². The first kappa shape index (κ1) is 12.1. The molecule has 0 saturated carbocycles. The Bertz CT molecular complexity index is 600.